The van der Waals surface area contributed by atoms with Gasteiger partial charge in [0.25, 0.3) is 0 Å². The fourth-order valence-corrected chi connectivity index (χ4v) is 5.91. The Morgan fingerprint density at radius 3 is 1.73 bits per heavy atom. The molecule has 0 amide bonds. The zero-order valence-electron chi connectivity index (χ0n) is 25.3. The average molecular weight is 685 g/mol. The molecule has 0 spiro atoms. The number of ether oxygens (including phenoxy) is 2. The van der Waals surface area contributed by atoms with E-state index in [2.05, 4.69) is 40.6 Å². The lowest BCUT2D eigenvalue weighted by Gasteiger charge is -2.08. The van der Waals surface area contributed by atoms with E-state index in [1.165, 1.54) is 11.3 Å². The van der Waals surface area contributed by atoms with Crippen LogP contribution >= 0.6 is 22.9 Å². The van der Waals surface area contributed by atoms with Crippen molar-refractivity contribution in [2.24, 2.45) is 0 Å². The van der Waals surface area contributed by atoms with Crippen molar-refractivity contribution in [3.8, 4) is 34.4 Å². The number of methoxy groups -OCH3 is 2. The molecule has 0 unspecified atom stereocenters. The largest absolute Gasteiger partial charge is 0.497 e. The number of rotatable bonds is 8. The second-order valence-electron chi connectivity index (χ2n) is 10.1. The predicted molar refractivity (Wildman–Crippen MR) is 178 cm³/mol. The molecule has 0 aliphatic heterocycles. The van der Waals surface area contributed by atoms with E-state index >= 15 is 0 Å². The van der Waals surface area contributed by atoms with Crippen molar-refractivity contribution in [3.63, 3.8) is 0 Å². The van der Waals surface area contributed by atoms with Crippen LogP contribution in [-0.2, 0) is 13.1 Å². The number of furan rings is 2. The van der Waals surface area contributed by atoms with Crippen LogP contribution in [0, 0.1) is 0 Å². The second kappa shape index (κ2) is 13.0. The van der Waals surface area contributed by atoms with Gasteiger partial charge in [0.1, 0.15) is 22.9 Å². The Morgan fingerprint density at radius 2 is 1.27 bits per heavy atom. The van der Waals surface area contributed by atoms with Crippen LogP contribution in [0.3, 0.4) is 0 Å². The van der Waals surface area contributed by atoms with Gasteiger partial charge in [-0.25, -0.2) is 19.3 Å². The molecule has 7 heterocycles. The number of nitrogens with two attached hydrogens (primary N) is 2. The quantitative estimate of drug-likeness (QED) is 0.217. The molecule has 18 heteroatoms. The van der Waals surface area contributed by atoms with Crippen LogP contribution in [0.25, 0.3) is 45.2 Å². The van der Waals surface area contributed by atoms with Gasteiger partial charge in [0, 0.05) is 10.9 Å². The molecule has 7 aromatic heterocycles. The van der Waals surface area contributed by atoms with Gasteiger partial charge in [-0.15, -0.1) is 21.5 Å². The Morgan fingerprint density at radius 1 is 0.729 bits per heavy atom. The van der Waals surface area contributed by atoms with Crippen LogP contribution < -0.4 is 20.9 Å². The van der Waals surface area contributed by atoms with Crippen molar-refractivity contribution in [2.75, 3.05) is 25.7 Å². The van der Waals surface area contributed by atoms with Crippen molar-refractivity contribution < 1.29 is 18.3 Å². The Hall–Kier alpha value is -6.07. The van der Waals surface area contributed by atoms with Gasteiger partial charge in [0.05, 0.1) is 44.2 Å². The molecule has 0 fully saturated rings. The third kappa shape index (κ3) is 6.18. The molecular formula is C30H25ClN12O4S. The molecule has 1 aromatic carbocycles. The summed E-state index contributed by atoms with van der Waals surface area (Å²) in [7, 11) is 3.21. The van der Waals surface area contributed by atoms with Gasteiger partial charge in [-0.3, -0.25) is 0 Å². The van der Waals surface area contributed by atoms with E-state index in [-0.39, 0.29) is 11.9 Å². The first-order valence-corrected chi connectivity index (χ1v) is 15.3. The molecule has 8 aromatic rings. The standard InChI is InChI=1S/C17H16N6O3.C13H9ClN6OS/c1-24-11-6-10(7-12(8-11)25-2)9-23-16-15(21-22-23)14(19-17(18)20-16)13-4-3-5-26-13;14-9-4-3-7(22-9)6-20-12-11(18-19-20)10(16-13(15)17-12)8-2-1-5-21-8/h3-8H,9H2,1-2H3,(H2,18,19,20);1-5H,6H2,(H2,15,16,17). The van der Waals surface area contributed by atoms with Gasteiger partial charge < -0.3 is 29.8 Å². The third-order valence-corrected chi connectivity index (χ3v) is 8.16. The van der Waals surface area contributed by atoms with Crippen molar-refractivity contribution in [3.05, 3.63) is 81.9 Å². The van der Waals surface area contributed by atoms with Gasteiger partial charge in [-0.05, 0) is 54.1 Å². The van der Waals surface area contributed by atoms with Gasteiger partial charge >= 0.3 is 0 Å². The number of hydrogen-bond donors (Lipinski definition) is 2. The predicted octanol–water partition coefficient (Wildman–Crippen LogP) is 4.96. The number of hydrogen-bond acceptors (Lipinski definition) is 15. The minimum atomic E-state index is 0.121. The van der Waals surface area contributed by atoms with Crippen LogP contribution in [0.4, 0.5) is 11.9 Å². The molecule has 0 aliphatic rings. The van der Waals surface area contributed by atoms with E-state index in [0.717, 1.165) is 14.8 Å². The highest BCUT2D eigenvalue weighted by Crippen LogP contribution is 2.29. The fraction of sp³-hybridized carbons (Fsp3) is 0.133. The van der Waals surface area contributed by atoms with E-state index in [4.69, 9.17) is 41.4 Å². The van der Waals surface area contributed by atoms with Gasteiger partial charge in [0.15, 0.2) is 33.8 Å². The lowest BCUT2D eigenvalue weighted by molar-refractivity contribution is 0.393. The van der Waals surface area contributed by atoms with Crippen molar-refractivity contribution >= 4 is 57.2 Å². The summed E-state index contributed by atoms with van der Waals surface area (Å²) in [6.45, 7) is 0.931. The Bertz CT molecular complexity index is 2310. The minimum absolute atomic E-state index is 0.121. The van der Waals surface area contributed by atoms with Gasteiger partial charge in [-0.1, -0.05) is 22.0 Å². The molecule has 0 saturated heterocycles. The summed E-state index contributed by atoms with van der Waals surface area (Å²) in [5.41, 5.74) is 15.8. The third-order valence-electron chi connectivity index (χ3n) is 6.95. The summed E-state index contributed by atoms with van der Waals surface area (Å²) in [6, 6.07) is 16.5. The molecule has 8 rings (SSSR count). The smallest absolute Gasteiger partial charge is 0.222 e. The molecule has 16 nitrogen and oxygen atoms in total. The monoisotopic (exact) mass is 684 g/mol. The van der Waals surface area contributed by atoms with E-state index in [1.54, 1.807) is 66.4 Å². The first kappa shape index (κ1) is 30.6. The topological polar surface area (TPSA) is 210 Å². The lowest BCUT2D eigenvalue weighted by Crippen LogP contribution is -2.05. The van der Waals surface area contributed by atoms with Gasteiger partial charge in [0.2, 0.25) is 11.9 Å². The van der Waals surface area contributed by atoms with Crippen molar-refractivity contribution in [1.29, 1.82) is 0 Å². The first-order valence-electron chi connectivity index (χ1n) is 14.2. The summed E-state index contributed by atoms with van der Waals surface area (Å²) in [4.78, 5) is 18.0. The first-order chi connectivity index (χ1) is 23.4. The van der Waals surface area contributed by atoms with E-state index in [0.29, 0.717) is 69.8 Å². The summed E-state index contributed by atoms with van der Waals surface area (Å²) in [5, 5.41) is 16.7. The zero-order chi connectivity index (χ0) is 33.2. The maximum Gasteiger partial charge on any atom is 0.222 e. The highest BCUT2D eigenvalue weighted by atomic mass is 35.5. The molecule has 4 N–H and O–H groups in total. The normalized spacial score (nSPS) is 11.1. The maximum absolute atomic E-state index is 5.95. The summed E-state index contributed by atoms with van der Waals surface area (Å²) in [5.74, 6) is 2.77. The van der Waals surface area contributed by atoms with Crippen molar-refractivity contribution in [2.45, 2.75) is 13.1 Å². The molecule has 0 bridgehead atoms. The molecule has 0 atom stereocenters. The van der Waals surface area contributed by atoms with E-state index in [9.17, 15) is 0 Å². The molecule has 0 aliphatic carbocycles. The Kier molecular flexibility index (Phi) is 8.26. The number of anilines is 2. The minimum Gasteiger partial charge on any atom is -0.497 e. The maximum atomic E-state index is 5.95. The van der Waals surface area contributed by atoms with Crippen LogP contribution in [0.1, 0.15) is 10.4 Å². The molecular weight excluding hydrogens is 660 g/mol. The molecule has 0 radical (unpaired) electrons. The number of nitrogen functional groups attached to an aromatic ring is 2. The summed E-state index contributed by atoms with van der Waals surface area (Å²) in [6.07, 6.45) is 3.13. The summed E-state index contributed by atoms with van der Waals surface area (Å²) < 4.78 is 25.4. The van der Waals surface area contributed by atoms with Gasteiger partial charge in [-0.2, -0.15) is 9.97 Å². The number of fused-ring (bicyclic) bond motifs is 2. The Balaban J connectivity index is 0.000000154. The SMILES string of the molecule is COc1cc(Cn2nnc3c(-c4ccco4)nc(N)nc32)cc(OC)c1.Nc1nc(-c2ccco2)c2nnn(Cc3ccc(Cl)s3)c2n1. The lowest BCUT2D eigenvalue weighted by atomic mass is 10.2. The number of thiophene rings is 1. The van der Waals surface area contributed by atoms with Crippen LogP contribution in [0.15, 0.2) is 76.0 Å². The molecule has 242 valence electrons. The van der Waals surface area contributed by atoms with Crippen molar-refractivity contribution in [1.82, 2.24) is 49.9 Å². The average Bonchev–Trinajstić information content (AvgIpc) is 3.94. The number of nitrogens with zero attached hydrogens (tertiary/aromatic N) is 10. The van der Waals surface area contributed by atoms with Crippen LogP contribution in [-0.4, -0.2) is 64.1 Å². The number of aromatic nitrogens is 10. The van der Waals surface area contributed by atoms with E-state index in [1.807, 2.05) is 24.3 Å². The highest BCUT2D eigenvalue weighted by Gasteiger charge is 2.19. The van der Waals surface area contributed by atoms with Crippen LogP contribution in [0.2, 0.25) is 4.34 Å². The van der Waals surface area contributed by atoms with E-state index < -0.39 is 0 Å². The molecule has 0 saturated carbocycles. The number of halogens is 1. The summed E-state index contributed by atoms with van der Waals surface area (Å²) >= 11 is 7.44. The fourth-order valence-electron chi connectivity index (χ4n) is 4.84. The Labute approximate surface area is 279 Å². The molecule has 48 heavy (non-hydrogen) atoms. The van der Waals surface area contributed by atoms with Crippen LogP contribution in [0.5, 0.6) is 11.5 Å². The second-order valence-corrected chi connectivity index (χ2v) is 11.9. The zero-order valence-corrected chi connectivity index (χ0v) is 26.9. The highest BCUT2D eigenvalue weighted by molar-refractivity contribution is 7.16. The number of benzene rings is 1.